The van der Waals surface area contributed by atoms with E-state index in [1.807, 2.05) is 59.2 Å². The van der Waals surface area contributed by atoms with E-state index in [-0.39, 0.29) is 12.4 Å². The summed E-state index contributed by atoms with van der Waals surface area (Å²) in [5, 5.41) is 9.14. The molecule has 0 bridgehead atoms. The molecule has 2 aromatic carbocycles. The fourth-order valence-corrected chi connectivity index (χ4v) is 3.08. The highest BCUT2D eigenvalue weighted by molar-refractivity contribution is 7.99. The Morgan fingerprint density at radius 1 is 1.04 bits per heavy atom. The highest BCUT2D eigenvalue weighted by Crippen LogP contribution is 2.23. The van der Waals surface area contributed by atoms with Gasteiger partial charge in [0.1, 0.15) is 23.9 Å². The number of ketones is 1. The molecular formula is C19H19N3O3S. The highest BCUT2D eigenvalue weighted by Gasteiger charge is 2.15. The van der Waals surface area contributed by atoms with Gasteiger partial charge in [-0.25, -0.2) is 0 Å². The summed E-state index contributed by atoms with van der Waals surface area (Å²) in [5.74, 6) is 2.59. The van der Waals surface area contributed by atoms with Crippen LogP contribution in [-0.2, 0) is 11.4 Å². The Hall–Kier alpha value is -2.80. The number of hydrogen-bond donors (Lipinski definition) is 0. The molecular weight excluding hydrogens is 350 g/mol. The summed E-state index contributed by atoms with van der Waals surface area (Å²) in [4.78, 5) is 11.3. The Bertz CT molecular complexity index is 863. The standard InChI is InChI=1S/C19H19N3O3S/c1-14(23)13-26-19-21-20-18(22(19)15-6-4-3-5-7-15)12-25-17-10-8-16(24-2)9-11-17/h3-11H,12-13H2,1-2H3. The minimum atomic E-state index is 0.0913. The first-order chi connectivity index (χ1) is 12.7. The average molecular weight is 369 g/mol. The molecule has 0 atom stereocenters. The van der Waals surface area contributed by atoms with Gasteiger partial charge in [0.25, 0.3) is 0 Å². The molecule has 134 valence electrons. The number of rotatable bonds is 8. The van der Waals surface area contributed by atoms with Crippen molar-refractivity contribution in [3.63, 3.8) is 0 Å². The van der Waals surface area contributed by atoms with Crippen LogP contribution in [0.25, 0.3) is 5.69 Å². The molecule has 0 unspecified atom stereocenters. The van der Waals surface area contributed by atoms with Crippen LogP contribution in [0.4, 0.5) is 0 Å². The number of carbonyl (C=O) groups excluding carboxylic acids is 1. The molecule has 1 aromatic heterocycles. The summed E-state index contributed by atoms with van der Waals surface area (Å²) in [6, 6.07) is 17.1. The lowest BCUT2D eigenvalue weighted by Crippen LogP contribution is -2.07. The molecule has 6 nitrogen and oxygen atoms in total. The third-order valence-electron chi connectivity index (χ3n) is 3.55. The van der Waals surface area contributed by atoms with E-state index < -0.39 is 0 Å². The Morgan fingerprint density at radius 2 is 1.73 bits per heavy atom. The van der Waals surface area contributed by atoms with E-state index in [4.69, 9.17) is 9.47 Å². The summed E-state index contributed by atoms with van der Waals surface area (Å²) in [7, 11) is 1.62. The molecule has 0 fully saturated rings. The molecule has 3 rings (SSSR count). The maximum Gasteiger partial charge on any atom is 0.196 e. The van der Waals surface area contributed by atoms with Crippen molar-refractivity contribution in [3.05, 3.63) is 60.4 Å². The number of aromatic nitrogens is 3. The molecule has 0 N–H and O–H groups in total. The largest absolute Gasteiger partial charge is 0.497 e. The highest BCUT2D eigenvalue weighted by atomic mass is 32.2. The number of benzene rings is 2. The van der Waals surface area contributed by atoms with Gasteiger partial charge in [0.05, 0.1) is 12.9 Å². The van der Waals surface area contributed by atoms with Crippen molar-refractivity contribution in [1.82, 2.24) is 14.8 Å². The van der Waals surface area contributed by atoms with Gasteiger partial charge in [-0.15, -0.1) is 10.2 Å². The lowest BCUT2D eigenvalue weighted by atomic mass is 10.3. The molecule has 0 amide bonds. The molecule has 3 aromatic rings. The number of methoxy groups -OCH3 is 1. The normalized spacial score (nSPS) is 10.5. The van der Waals surface area contributed by atoms with E-state index in [9.17, 15) is 4.79 Å². The number of ether oxygens (including phenoxy) is 2. The fraction of sp³-hybridized carbons (Fsp3) is 0.211. The van der Waals surface area contributed by atoms with Gasteiger partial charge in [-0.1, -0.05) is 30.0 Å². The van der Waals surface area contributed by atoms with Crippen LogP contribution in [0, 0.1) is 0 Å². The minimum absolute atomic E-state index is 0.0913. The Balaban J connectivity index is 1.82. The molecule has 26 heavy (non-hydrogen) atoms. The Morgan fingerprint density at radius 3 is 2.38 bits per heavy atom. The molecule has 0 spiro atoms. The molecule has 0 saturated carbocycles. The number of Topliss-reactive ketones (excluding diaryl/α,β-unsaturated/α-hetero) is 1. The van der Waals surface area contributed by atoms with Crippen LogP contribution in [-0.4, -0.2) is 33.4 Å². The van der Waals surface area contributed by atoms with Crippen molar-refractivity contribution in [3.8, 4) is 17.2 Å². The third kappa shape index (κ3) is 4.43. The predicted molar refractivity (Wildman–Crippen MR) is 100 cm³/mol. The quantitative estimate of drug-likeness (QED) is 0.566. The van der Waals surface area contributed by atoms with Crippen molar-refractivity contribution in [2.24, 2.45) is 0 Å². The fourth-order valence-electron chi connectivity index (χ4n) is 2.31. The number of carbonyl (C=O) groups is 1. The molecule has 0 aliphatic carbocycles. The summed E-state index contributed by atoms with van der Waals surface area (Å²) < 4.78 is 12.9. The number of nitrogens with zero attached hydrogens (tertiary/aromatic N) is 3. The van der Waals surface area contributed by atoms with Crippen LogP contribution in [0.2, 0.25) is 0 Å². The van der Waals surface area contributed by atoms with Crippen molar-refractivity contribution < 1.29 is 14.3 Å². The van der Waals surface area contributed by atoms with Crippen molar-refractivity contribution in [2.45, 2.75) is 18.7 Å². The number of hydrogen-bond acceptors (Lipinski definition) is 6. The minimum Gasteiger partial charge on any atom is -0.497 e. The van der Waals surface area contributed by atoms with E-state index >= 15 is 0 Å². The van der Waals surface area contributed by atoms with Gasteiger partial charge in [0, 0.05) is 5.69 Å². The maximum atomic E-state index is 11.3. The first kappa shape index (κ1) is 18.0. The second-order valence-corrected chi connectivity index (χ2v) is 6.47. The van der Waals surface area contributed by atoms with Gasteiger partial charge in [0.2, 0.25) is 0 Å². The molecule has 0 saturated heterocycles. The predicted octanol–water partition coefficient (Wildman–Crippen LogP) is 3.54. The van der Waals surface area contributed by atoms with Crippen LogP contribution in [0.15, 0.2) is 59.8 Å². The zero-order valence-corrected chi connectivity index (χ0v) is 15.4. The summed E-state index contributed by atoms with van der Waals surface area (Å²) >= 11 is 1.37. The van der Waals surface area contributed by atoms with Crippen LogP contribution in [0.3, 0.4) is 0 Å². The molecule has 0 radical (unpaired) electrons. The second kappa shape index (κ2) is 8.53. The SMILES string of the molecule is COc1ccc(OCc2nnc(SCC(C)=O)n2-c2ccccc2)cc1. The van der Waals surface area contributed by atoms with Crippen molar-refractivity contribution in [1.29, 1.82) is 0 Å². The van der Waals surface area contributed by atoms with Gasteiger partial charge in [0.15, 0.2) is 11.0 Å². The van der Waals surface area contributed by atoms with E-state index in [0.717, 1.165) is 11.4 Å². The van der Waals surface area contributed by atoms with Crippen LogP contribution >= 0.6 is 11.8 Å². The smallest absolute Gasteiger partial charge is 0.196 e. The molecule has 7 heteroatoms. The average Bonchev–Trinajstić information content (AvgIpc) is 3.08. The number of thioether (sulfide) groups is 1. The van der Waals surface area contributed by atoms with E-state index in [1.165, 1.54) is 11.8 Å². The topological polar surface area (TPSA) is 66.2 Å². The van der Waals surface area contributed by atoms with E-state index in [0.29, 0.717) is 22.5 Å². The Labute approximate surface area is 156 Å². The molecule has 0 aliphatic heterocycles. The summed E-state index contributed by atoms with van der Waals surface area (Å²) in [6.07, 6.45) is 0. The van der Waals surface area contributed by atoms with Gasteiger partial charge < -0.3 is 9.47 Å². The van der Waals surface area contributed by atoms with E-state index in [2.05, 4.69) is 10.2 Å². The summed E-state index contributed by atoms with van der Waals surface area (Å²) in [5.41, 5.74) is 0.928. The maximum absolute atomic E-state index is 11.3. The van der Waals surface area contributed by atoms with Crippen molar-refractivity contribution >= 4 is 17.5 Å². The first-order valence-corrected chi connectivity index (χ1v) is 9.04. The Kier molecular flexibility index (Phi) is 5.91. The second-order valence-electron chi connectivity index (χ2n) is 5.52. The lowest BCUT2D eigenvalue weighted by molar-refractivity contribution is -0.114. The zero-order valence-electron chi connectivity index (χ0n) is 14.6. The van der Waals surface area contributed by atoms with E-state index in [1.54, 1.807) is 14.0 Å². The van der Waals surface area contributed by atoms with Gasteiger partial charge >= 0.3 is 0 Å². The molecule has 1 heterocycles. The first-order valence-electron chi connectivity index (χ1n) is 8.06. The van der Waals surface area contributed by atoms with Crippen LogP contribution in [0.5, 0.6) is 11.5 Å². The lowest BCUT2D eigenvalue weighted by Gasteiger charge is -2.11. The van der Waals surface area contributed by atoms with Gasteiger partial charge in [-0.2, -0.15) is 0 Å². The molecule has 0 aliphatic rings. The monoisotopic (exact) mass is 369 g/mol. The summed E-state index contributed by atoms with van der Waals surface area (Å²) in [6.45, 7) is 1.82. The van der Waals surface area contributed by atoms with Gasteiger partial charge in [-0.05, 0) is 43.3 Å². The van der Waals surface area contributed by atoms with Gasteiger partial charge in [-0.3, -0.25) is 9.36 Å². The zero-order chi connectivity index (χ0) is 18.4. The van der Waals surface area contributed by atoms with Crippen LogP contribution in [0.1, 0.15) is 12.7 Å². The third-order valence-corrected chi connectivity index (χ3v) is 4.62. The number of para-hydroxylation sites is 1. The van der Waals surface area contributed by atoms with Crippen LogP contribution < -0.4 is 9.47 Å². The van der Waals surface area contributed by atoms with Crippen molar-refractivity contribution in [2.75, 3.05) is 12.9 Å².